The summed E-state index contributed by atoms with van der Waals surface area (Å²) in [5.41, 5.74) is 2.77. The van der Waals surface area contributed by atoms with Gasteiger partial charge in [-0.3, -0.25) is 0 Å². The molecule has 0 bridgehead atoms. The Labute approximate surface area is 196 Å². The fourth-order valence-electron chi connectivity index (χ4n) is 3.24. The number of carbonyl (C=O) groups excluding carboxylic acids is 1. The lowest BCUT2D eigenvalue weighted by atomic mass is 10.0. The first-order valence-corrected chi connectivity index (χ1v) is 11.7. The van der Waals surface area contributed by atoms with Crippen LogP contribution in [0.2, 0.25) is 5.02 Å². The third kappa shape index (κ3) is 5.36. The summed E-state index contributed by atoms with van der Waals surface area (Å²) in [4.78, 5) is 22.5. The quantitative estimate of drug-likeness (QED) is 0.277. The number of nitrogens with zero attached hydrogens (tertiary/aromatic N) is 2. The van der Waals surface area contributed by atoms with Gasteiger partial charge in [-0.05, 0) is 53.3 Å². The zero-order chi connectivity index (χ0) is 22.5. The molecule has 8 heteroatoms. The second-order valence-electron chi connectivity index (χ2n) is 7.62. The minimum atomic E-state index is -0.248. The van der Waals surface area contributed by atoms with E-state index < -0.39 is 0 Å². The Morgan fingerprint density at radius 1 is 1.06 bits per heavy atom. The van der Waals surface area contributed by atoms with Crippen molar-refractivity contribution in [2.75, 3.05) is 23.7 Å². The molecule has 0 unspecified atom stereocenters. The normalized spacial score (nSPS) is 11.0. The lowest BCUT2D eigenvalue weighted by Gasteiger charge is -2.12. The molecule has 2 heterocycles. The Kier molecular flexibility index (Phi) is 6.87. The summed E-state index contributed by atoms with van der Waals surface area (Å²) in [6, 6.07) is 17.1. The molecular weight excluding hydrogens is 442 g/mol. The van der Waals surface area contributed by atoms with E-state index in [1.807, 2.05) is 60.0 Å². The van der Waals surface area contributed by atoms with E-state index >= 15 is 0 Å². The Hall–Kier alpha value is -3.16. The average Bonchev–Trinajstić information content (AvgIpc) is 3.31. The number of hydrogen-bond donors (Lipinski definition) is 3. The van der Waals surface area contributed by atoms with Gasteiger partial charge in [-0.25, -0.2) is 14.8 Å². The van der Waals surface area contributed by atoms with Gasteiger partial charge in [-0.15, -0.1) is 11.3 Å². The van der Waals surface area contributed by atoms with Crippen molar-refractivity contribution >= 4 is 51.4 Å². The van der Waals surface area contributed by atoms with Gasteiger partial charge in [0.25, 0.3) is 0 Å². The van der Waals surface area contributed by atoms with Crippen LogP contribution in [0, 0.1) is 0 Å². The number of rotatable bonds is 7. The number of amides is 2. The monoisotopic (exact) mass is 465 g/mol. The first kappa shape index (κ1) is 22.0. The van der Waals surface area contributed by atoms with Crippen molar-refractivity contribution in [3.8, 4) is 10.7 Å². The molecule has 4 aromatic rings. The van der Waals surface area contributed by atoms with Gasteiger partial charge in [0.2, 0.25) is 0 Å². The summed E-state index contributed by atoms with van der Waals surface area (Å²) in [6.07, 6.45) is 0. The predicted molar refractivity (Wildman–Crippen MR) is 134 cm³/mol. The maximum atomic E-state index is 12.2. The summed E-state index contributed by atoms with van der Waals surface area (Å²) < 4.78 is 0. The molecule has 0 radical (unpaired) electrons. The van der Waals surface area contributed by atoms with Crippen molar-refractivity contribution < 1.29 is 4.79 Å². The van der Waals surface area contributed by atoms with Crippen molar-refractivity contribution in [1.82, 2.24) is 15.3 Å². The average molecular weight is 466 g/mol. The number of halogens is 1. The standard InChI is InChI=1S/C24H24ClN5OS/c1-15(2)16-5-8-18(9-6-16)28-24(31)27-12-11-26-22-19-10-7-17(25)14-20(19)29-23(30-22)21-4-3-13-32-21/h3-10,13-15H,11-12H2,1-2H3,(H,26,29,30)(H2,27,28,31). The summed E-state index contributed by atoms with van der Waals surface area (Å²) in [7, 11) is 0. The number of hydrogen-bond acceptors (Lipinski definition) is 5. The van der Waals surface area contributed by atoms with Crippen LogP contribution in [-0.2, 0) is 0 Å². The van der Waals surface area contributed by atoms with Crippen LogP contribution in [0.4, 0.5) is 16.3 Å². The van der Waals surface area contributed by atoms with Gasteiger partial charge in [0, 0.05) is 29.2 Å². The van der Waals surface area contributed by atoms with Crippen LogP contribution in [0.25, 0.3) is 21.6 Å². The zero-order valence-corrected chi connectivity index (χ0v) is 19.4. The molecule has 2 aromatic carbocycles. The Balaban J connectivity index is 1.38. The third-order valence-corrected chi connectivity index (χ3v) is 6.04. The molecule has 2 aromatic heterocycles. The largest absolute Gasteiger partial charge is 0.368 e. The molecule has 0 saturated carbocycles. The van der Waals surface area contributed by atoms with Gasteiger partial charge in [0.1, 0.15) is 5.82 Å². The van der Waals surface area contributed by atoms with Gasteiger partial charge >= 0.3 is 6.03 Å². The molecule has 4 rings (SSSR count). The first-order chi connectivity index (χ1) is 15.5. The number of benzene rings is 2. The highest BCUT2D eigenvalue weighted by atomic mass is 35.5. The van der Waals surface area contributed by atoms with Gasteiger partial charge in [-0.1, -0.05) is 43.6 Å². The number of urea groups is 1. The van der Waals surface area contributed by atoms with Crippen LogP contribution in [0.3, 0.4) is 0 Å². The number of fused-ring (bicyclic) bond motifs is 1. The lowest BCUT2D eigenvalue weighted by molar-refractivity contribution is 0.252. The highest BCUT2D eigenvalue weighted by Crippen LogP contribution is 2.29. The number of nitrogens with one attached hydrogen (secondary N) is 3. The lowest BCUT2D eigenvalue weighted by Crippen LogP contribution is -2.32. The number of aromatic nitrogens is 2. The summed E-state index contributed by atoms with van der Waals surface area (Å²) >= 11 is 7.75. The minimum Gasteiger partial charge on any atom is -0.368 e. The predicted octanol–water partition coefficient (Wildman–Crippen LogP) is 6.37. The highest BCUT2D eigenvalue weighted by Gasteiger charge is 2.11. The molecule has 32 heavy (non-hydrogen) atoms. The fraction of sp³-hybridized carbons (Fsp3) is 0.208. The topological polar surface area (TPSA) is 78.9 Å². The molecule has 6 nitrogen and oxygen atoms in total. The SMILES string of the molecule is CC(C)c1ccc(NC(=O)NCCNc2nc(-c3cccs3)nc3cc(Cl)ccc23)cc1. The van der Waals surface area contributed by atoms with E-state index in [0.29, 0.717) is 35.7 Å². The number of anilines is 2. The molecule has 0 aliphatic carbocycles. The Morgan fingerprint density at radius 3 is 2.59 bits per heavy atom. The van der Waals surface area contributed by atoms with Crippen LogP contribution >= 0.6 is 22.9 Å². The van der Waals surface area contributed by atoms with E-state index in [1.54, 1.807) is 11.3 Å². The van der Waals surface area contributed by atoms with Gasteiger partial charge in [0.05, 0.1) is 10.4 Å². The van der Waals surface area contributed by atoms with E-state index in [2.05, 4.69) is 34.8 Å². The second kappa shape index (κ2) is 9.97. The van der Waals surface area contributed by atoms with Crippen molar-refractivity contribution in [2.45, 2.75) is 19.8 Å². The highest BCUT2D eigenvalue weighted by molar-refractivity contribution is 7.13. The zero-order valence-electron chi connectivity index (χ0n) is 17.9. The fourth-order valence-corrected chi connectivity index (χ4v) is 4.06. The van der Waals surface area contributed by atoms with Crippen LogP contribution < -0.4 is 16.0 Å². The van der Waals surface area contributed by atoms with E-state index in [9.17, 15) is 4.79 Å². The van der Waals surface area contributed by atoms with Gasteiger partial charge < -0.3 is 16.0 Å². The molecule has 3 N–H and O–H groups in total. The molecule has 0 atom stereocenters. The Morgan fingerprint density at radius 2 is 1.88 bits per heavy atom. The van der Waals surface area contributed by atoms with Crippen LogP contribution in [0.1, 0.15) is 25.3 Å². The molecule has 2 amide bonds. The summed E-state index contributed by atoms with van der Waals surface area (Å²) in [5.74, 6) is 1.81. The molecule has 0 fully saturated rings. The second-order valence-corrected chi connectivity index (χ2v) is 9.00. The molecule has 0 aliphatic heterocycles. The molecule has 0 saturated heterocycles. The molecular formula is C24H24ClN5OS. The first-order valence-electron chi connectivity index (χ1n) is 10.4. The van der Waals surface area contributed by atoms with E-state index in [4.69, 9.17) is 16.6 Å². The third-order valence-electron chi connectivity index (χ3n) is 4.94. The van der Waals surface area contributed by atoms with E-state index in [-0.39, 0.29) is 6.03 Å². The number of thiophene rings is 1. The van der Waals surface area contributed by atoms with Crippen LogP contribution in [-0.4, -0.2) is 29.1 Å². The van der Waals surface area contributed by atoms with E-state index in [0.717, 1.165) is 21.5 Å². The maximum absolute atomic E-state index is 12.2. The van der Waals surface area contributed by atoms with Crippen molar-refractivity contribution in [3.63, 3.8) is 0 Å². The van der Waals surface area contributed by atoms with Crippen molar-refractivity contribution in [3.05, 3.63) is 70.6 Å². The summed E-state index contributed by atoms with van der Waals surface area (Å²) in [6.45, 7) is 5.23. The minimum absolute atomic E-state index is 0.248. The van der Waals surface area contributed by atoms with Crippen LogP contribution in [0.15, 0.2) is 60.0 Å². The summed E-state index contributed by atoms with van der Waals surface area (Å²) in [5, 5.41) is 12.5. The van der Waals surface area contributed by atoms with Gasteiger partial charge in [-0.2, -0.15) is 0 Å². The van der Waals surface area contributed by atoms with Crippen molar-refractivity contribution in [2.24, 2.45) is 0 Å². The van der Waals surface area contributed by atoms with E-state index in [1.165, 1.54) is 5.56 Å². The molecule has 0 aliphatic rings. The molecule has 0 spiro atoms. The van der Waals surface area contributed by atoms with Crippen LogP contribution in [0.5, 0.6) is 0 Å². The molecule has 164 valence electrons. The smallest absolute Gasteiger partial charge is 0.319 e. The maximum Gasteiger partial charge on any atom is 0.319 e. The number of carbonyl (C=O) groups is 1. The Bertz CT molecular complexity index is 1210. The van der Waals surface area contributed by atoms with Gasteiger partial charge in [0.15, 0.2) is 5.82 Å². The van der Waals surface area contributed by atoms with Crippen molar-refractivity contribution in [1.29, 1.82) is 0 Å².